The smallest absolute Gasteiger partial charge is 0.336 e. The van der Waals surface area contributed by atoms with Crippen LogP contribution in [-0.2, 0) is 21.7 Å². The van der Waals surface area contributed by atoms with Crippen LogP contribution in [0.2, 0.25) is 5.02 Å². The number of methoxy groups -OCH3 is 1. The summed E-state index contributed by atoms with van der Waals surface area (Å²) in [6, 6.07) is 6.09. The lowest BCUT2D eigenvalue weighted by molar-refractivity contribution is -0.139. The van der Waals surface area contributed by atoms with E-state index in [1.807, 2.05) is 6.92 Å². The molecule has 0 fully saturated rings. The molecule has 1 aromatic carbocycles. The summed E-state index contributed by atoms with van der Waals surface area (Å²) in [5.74, 6) is -0.132. The molecule has 1 N–H and O–H groups in total. The van der Waals surface area contributed by atoms with Crippen LogP contribution in [0.4, 0.5) is 0 Å². The summed E-state index contributed by atoms with van der Waals surface area (Å²) in [5.41, 5.74) is 1.42. The van der Waals surface area contributed by atoms with Gasteiger partial charge >= 0.3 is 11.6 Å². The van der Waals surface area contributed by atoms with Crippen molar-refractivity contribution in [1.29, 1.82) is 0 Å². The fourth-order valence-electron chi connectivity index (χ4n) is 2.48. The molecule has 0 aliphatic carbocycles. The number of benzene rings is 1. The van der Waals surface area contributed by atoms with E-state index in [1.54, 1.807) is 12.1 Å². The predicted octanol–water partition coefficient (Wildman–Crippen LogP) is 2.85. The van der Waals surface area contributed by atoms with Crippen molar-refractivity contribution in [1.82, 2.24) is 9.97 Å². The molecule has 140 valence electrons. The van der Waals surface area contributed by atoms with Gasteiger partial charge < -0.3 is 14.1 Å². The number of H-pyrrole nitrogens is 1. The van der Waals surface area contributed by atoms with Gasteiger partial charge in [-0.1, -0.05) is 23.4 Å². The molecule has 0 spiro atoms. The number of rotatable bonds is 5. The molecule has 3 aromatic rings. The summed E-state index contributed by atoms with van der Waals surface area (Å²) in [7, 11) is 1.27. The van der Waals surface area contributed by atoms with Crippen molar-refractivity contribution in [3.63, 3.8) is 0 Å². The second-order valence-corrected chi connectivity index (χ2v) is 7.14. The highest BCUT2D eigenvalue weighted by molar-refractivity contribution is 7.98. The number of carbonyl (C=O) groups is 1. The molecule has 7 nitrogen and oxygen atoms in total. The van der Waals surface area contributed by atoms with E-state index in [9.17, 15) is 14.4 Å². The Balaban J connectivity index is 1.91. The fourth-order valence-corrected chi connectivity index (χ4v) is 3.53. The highest BCUT2D eigenvalue weighted by Gasteiger charge is 2.11. The van der Waals surface area contributed by atoms with E-state index in [0.717, 1.165) is 5.56 Å². The molecule has 0 aliphatic heterocycles. The van der Waals surface area contributed by atoms with Crippen LogP contribution in [0.15, 0.2) is 43.4 Å². The van der Waals surface area contributed by atoms with Crippen LogP contribution in [0.3, 0.4) is 0 Å². The number of hydrogen-bond acceptors (Lipinski definition) is 7. The first-order valence-corrected chi connectivity index (χ1v) is 9.25. The Morgan fingerprint density at radius 1 is 1.30 bits per heavy atom. The van der Waals surface area contributed by atoms with E-state index >= 15 is 0 Å². The quantitative estimate of drug-likeness (QED) is 0.301. The number of ether oxygens (including phenoxy) is 1. The molecule has 0 saturated heterocycles. The summed E-state index contributed by atoms with van der Waals surface area (Å²) in [4.78, 5) is 41.9. The number of aryl methyl sites for hydroxylation is 1. The number of nitrogens with zero attached hydrogens (tertiary/aromatic N) is 1. The predicted molar refractivity (Wildman–Crippen MR) is 102 cm³/mol. The van der Waals surface area contributed by atoms with E-state index < -0.39 is 11.6 Å². The molecular weight excluding hydrogens is 392 g/mol. The van der Waals surface area contributed by atoms with Crippen molar-refractivity contribution in [3.8, 4) is 0 Å². The van der Waals surface area contributed by atoms with E-state index in [4.69, 9.17) is 16.0 Å². The normalized spacial score (nSPS) is 10.9. The van der Waals surface area contributed by atoms with Gasteiger partial charge in [0.05, 0.1) is 19.2 Å². The highest BCUT2D eigenvalue weighted by atomic mass is 35.5. The van der Waals surface area contributed by atoms with Crippen LogP contribution in [0.25, 0.3) is 11.0 Å². The van der Waals surface area contributed by atoms with Gasteiger partial charge in [-0.3, -0.25) is 9.59 Å². The Bertz CT molecular complexity index is 1140. The summed E-state index contributed by atoms with van der Waals surface area (Å²) in [6.07, 6.45) is -0.0965. The zero-order valence-electron chi connectivity index (χ0n) is 14.5. The maximum absolute atomic E-state index is 11.8. The fraction of sp³-hybridized carbons (Fsp3) is 0.222. The van der Waals surface area contributed by atoms with Crippen LogP contribution in [0.5, 0.6) is 0 Å². The number of thioether (sulfide) groups is 1. The zero-order valence-corrected chi connectivity index (χ0v) is 16.1. The number of hydrogen-bond donors (Lipinski definition) is 1. The second kappa shape index (κ2) is 7.98. The Hall–Kier alpha value is -2.58. The number of esters is 1. The Kier molecular flexibility index (Phi) is 5.67. The number of carbonyl (C=O) groups excluding carboxylic acids is 1. The Morgan fingerprint density at radius 2 is 2.07 bits per heavy atom. The van der Waals surface area contributed by atoms with Crippen molar-refractivity contribution in [3.05, 3.63) is 66.9 Å². The lowest BCUT2D eigenvalue weighted by Crippen LogP contribution is -2.14. The van der Waals surface area contributed by atoms with Crippen LogP contribution in [0, 0.1) is 6.92 Å². The minimum absolute atomic E-state index is 0.0965. The largest absolute Gasteiger partial charge is 0.469 e. The molecule has 0 amide bonds. The topological polar surface area (TPSA) is 102 Å². The maximum Gasteiger partial charge on any atom is 0.336 e. The number of aromatic amines is 1. The molecule has 0 radical (unpaired) electrons. The number of fused-ring (bicyclic) bond motifs is 1. The van der Waals surface area contributed by atoms with E-state index in [2.05, 4.69) is 14.7 Å². The molecule has 0 bridgehead atoms. The second-order valence-electron chi connectivity index (χ2n) is 5.77. The number of nitrogens with one attached hydrogen (secondary N) is 1. The Labute approximate surface area is 162 Å². The zero-order chi connectivity index (χ0) is 19.6. The van der Waals surface area contributed by atoms with Crippen molar-refractivity contribution in [2.24, 2.45) is 0 Å². The molecule has 27 heavy (non-hydrogen) atoms. The SMILES string of the molecule is COC(=O)Cc1cc(=O)[nH]c(SCc2cc(=O)oc3cc(C)c(Cl)cc23)n1. The molecule has 0 atom stereocenters. The van der Waals surface area contributed by atoms with Crippen LogP contribution < -0.4 is 11.2 Å². The van der Waals surface area contributed by atoms with Crippen molar-refractivity contribution >= 4 is 40.3 Å². The van der Waals surface area contributed by atoms with Crippen molar-refractivity contribution in [2.75, 3.05) is 7.11 Å². The molecule has 3 rings (SSSR count). The van der Waals surface area contributed by atoms with Gasteiger partial charge in [0.1, 0.15) is 5.58 Å². The average molecular weight is 407 g/mol. The van der Waals surface area contributed by atoms with Crippen LogP contribution in [0.1, 0.15) is 16.8 Å². The van der Waals surface area contributed by atoms with Gasteiger partial charge in [0, 0.05) is 28.3 Å². The monoisotopic (exact) mass is 406 g/mol. The van der Waals surface area contributed by atoms with Gasteiger partial charge in [-0.15, -0.1) is 0 Å². The summed E-state index contributed by atoms with van der Waals surface area (Å²) in [6.45, 7) is 1.82. The number of halogens is 1. The minimum Gasteiger partial charge on any atom is -0.469 e. The average Bonchev–Trinajstić information content (AvgIpc) is 2.60. The molecule has 0 unspecified atom stereocenters. The Morgan fingerprint density at radius 3 is 2.81 bits per heavy atom. The maximum atomic E-state index is 11.8. The molecule has 2 aromatic heterocycles. The third-order valence-corrected chi connectivity index (χ3v) is 5.13. The van der Waals surface area contributed by atoms with E-state index in [0.29, 0.717) is 38.2 Å². The van der Waals surface area contributed by atoms with E-state index in [1.165, 1.54) is 31.0 Å². The standard InChI is InChI=1S/C18H15ClN2O5S/c1-9-3-14-12(7-13(9)19)10(4-17(24)26-14)8-27-18-20-11(5-15(22)21-18)6-16(23)25-2/h3-5,7H,6,8H2,1-2H3,(H,20,21,22). The minimum atomic E-state index is -0.485. The van der Waals surface area contributed by atoms with Gasteiger partial charge in [-0.25, -0.2) is 9.78 Å². The molecule has 2 heterocycles. The first-order valence-electron chi connectivity index (χ1n) is 7.88. The first-order chi connectivity index (χ1) is 12.9. The highest BCUT2D eigenvalue weighted by Crippen LogP contribution is 2.28. The lowest BCUT2D eigenvalue weighted by atomic mass is 10.1. The summed E-state index contributed by atoms with van der Waals surface area (Å²) < 4.78 is 9.83. The molecule has 9 heteroatoms. The van der Waals surface area contributed by atoms with E-state index in [-0.39, 0.29) is 12.0 Å². The van der Waals surface area contributed by atoms with Crippen molar-refractivity contribution < 1.29 is 13.9 Å². The van der Waals surface area contributed by atoms with Gasteiger partial charge in [0.25, 0.3) is 5.56 Å². The van der Waals surface area contributed by atoms with Gasteiger partial charge in [-0.05, 0) is 30.2 Å². The van der Waals surface area contributed by atoms with Gasteiger partial charge in [-0.2, -0.15) is 0 Å². The summed E-state index contributed by atoms with van der Waals surface area (Å²) in [5, 5.41) is 1.61. The summed E-state index contributed by atoms with van der Waals surface area (Å²) >= 11 is 7.42. The van der Waals surface area contributed by atoms with Crippen LogP contribution >= 0.6 is 23.4 Å². The van der Waals surface area contributed by atoms with Gasteiger partial charge in [0.15, 0.2) is 5.16 Å². The molecular formula is C18H15ClN2O5S. The third kappa shape index (κ3) is 4.58. The van der Waals surface area contributed by atoms with Crippen LogP contribution in [-0.4, -0.2) is 23.0 Å². The lowest BCUT2D eigenvalue weighted by Gasteiger charge is -2.07. The van der Waals surface area contributed by atoms with Gasteiger partial charge in [0.2, 0.25) is 0 Å². The molecule has 0 saturated carbocycles. The molecule has 0 aliphatic rings. The number of aromatic nitrogens is 2. The first kappa shape index (κ1) is 19.2. The van der Waals surface area contributed by atoms with Crippen molar-refractivity contribution in [2.45, 2.75) is 24.3 Å². The third-order valence-electron chi connectivity index (χ3n) is 3.80.